The molecule has 0 amide bonds. The lowest BCUT2D eigenvalue weighted by atomic mass is 10.1. The summed E-state index contributed by atoms with van der Waals surface area (Å²) in [7, 11) is 1.53. The lowest BCUT2D eigenvalue weighted by Gasteiger charge is -2.12. The fraction of sp³-hybridized carbons (Fsp3) is 0.333. The first-order valence-corrected chi connectivity index (χ1v) is 5.77. The summed E-state index contributed by atoms with van der Waals surface area (Å²) in [6, 6.07) is 3.13. The molecule has 0 bridgehead atoms. The van der Waals surface area contributed by atoms with Crippen molar-refractivity contribution in [3.63, 3.8) is 0 Å². The standard InChI is InChI=1S/C12H13F3N4O/c1-20-5-4-19-7-17-18-11(19)9-6-8(12(13,14)15)2-3-10(9)16/h2-3,6-7H,4-5,16H2,1H3. The molecule has 5 nitrogen and oxygen atoms in total. The van der Waals surface area contributed by atoms with Crippen molar-refractivity contribution in [1.29, 1.82) is 0 Å². The van der Waals surface area contributed by atoms with Crippen LogP contribution in [0.5, 0.6) is 0 Å². The Hall–Kier alpha value is -2.09. The molecule has 8 heteroatoms. The van der Waals surface area contributed by atoms with Crippen LogP contribution in [-0.4, -0.2) is 28.5 Å². The average Bonchev–Trinajstić information content (AvgIpc) is 2.83. The van der Waals surface area contributed by atoms with Crippen LogP contribution in [0.1, 0.15) is 5.56 Å². The molecule has 1 aromatic heterocycles. The fourth-order valence-electron chi connectivity index (χ4n) is 1.74. The van der Waals surface area contributed by atoms with Crippen LogP contribution >= 0.6 is 0 Å². The molecule has 0 saturated heterocycles. The molecule has 0 aliphatic carbocycles. The molecule has 2 rings (SSSR count). The maximum absolute atomic E-state index is 12.7. The van der Waals surface area contributed by atoms with Crippen LogP contribution in [0.15, 0.2) is 24.5 Å². The number of benzene rings is 1. The minimum atomic E-state index is -4.43. The van der Waals surface area contributed by atoms with Crippen LogP contribution in [0.2, 0.25) is 0 Å². The molecule has 0 aliphatic heterocycles. The molecular formula is C12H13F3N4O. The second-order valence-electron chi connectivity index (χ2n) is 4.14. The lowest BCUT2D eigenvalue weighted by molar-refractivity contribution is -0.137. The van der Waals surface area contributed by atoms with Crippen molar-refractivity contribution in [3.8, 4) is 11.4 Å². The Kier molecular flexibility index (Phi) is 3.93. The van der Waals surface area contributed by atoms with Gasteiger partial charge in [0, 0.05) is 24.9 Å². The average molecular weight is 286 g/mol. The number of nitrogen functional groups attached to an aromatic ring is 1. The molecular weight excluding hydrogens is 273 g/mol. The molecule has 0 aliphatic rings. The van der Waals surface area contributed by atoms with Gasteiger partial charge < -0.3 is 15.0 Å². The number of nitrogens with two attached hydrogens (primary N) is 1. The highest BCUT2D eigenvalue weighted by molar-refractivity contribution is 5.72. The van der Waals surface area contributed by atoms with Gasteiger partial charge in [-0.1, -0.05) is 0 Å². The largest absolute Gasteiger partial charge is 0.416 e. The van der Waals surface area contributed by atoms with Crippen molar-refractivity contribution in [3.05, 3.63) is 30.1 Å². The summed E-state index contributed by atoms with van der Waals surface area (Å²) < 4.78 is 44.7. The van der Waals surface area contributed by atoms with Gasteiger partial charge in [0.1, 0.15) is 6.33 Å². The van der Waals surface area contributed by atoms with E-state index in [4.69, 9.17) is 10.5 Å². The maximum atomic E-state index is 12.7. The monoisotopic (exact) mass is 286 g/mol. The van der Waals surface area contributed by atoms with Crippen molar-refractivity contribution >= 4 is 5.69 Å². The minimum absolute atomic E-state index is 0.202. The predicted molar refractivity (Wildman–Crippen MR) is 66.7 cm³/mol. The van der Waals surface area contributed by atoms with Crippen molar-refractivity contribution < 1.29 is 17.9 Å². The Morgan fingerprint density at radius 3 is 2.75 bits per heavy atom. The van der Waals surface area contributed by atoms with Gasteiger partial charge in [0.2, 0.25) is 0 Å². The minimum Gasteiger partial charge on any atom is -0.398 e. The third-order valence-corrected chi connectivity index (χ3v) is 2.77. The highest BCUT2D eigenvalue weighted by atomic mass is 19.4. The Morgan fingerprint density at radius 2 is 2.10 bits per heavy atom. The Labute approximate surface area is 113 Å². The van der Waals surface area contributed by atoms with Crippen molar-refractivity contribution in [1.82, 2.24) is 14.8 Å². The summed E-state index contributed by atoms with van der Waals surface area (Å²) in [6.45, 7) is 0.818. The number of hydrogen-bond acceptors (Lipinski definition) is 4. The zero-order valence-electron chi connectivity index (χ0n) is 10.7. The van der Waals surface area contributed by atoms with Gasteiger partial charge in [0.15, 0.2) is 5.82 Å². The summed E-state index contributed by atoms with van der Waals surface area (Å²) in [5.74, 6) is 0.283. The van der Waals surface area contributed by atoms with E-state index in [1.54, 1.807) is 4.57 Å². The van der Waals surface area contributed by atoms with Crippen LogP contribution < -0.4 is 5.73 Å². The number of alkyl halides is 3. The summed E-state index contributed by atoms with van der Waals surface area (Å²) in [6.07, 6.45) is -3.01. The van der Waals surface area contributed by atoms with E-state index in [1.165, 1.54) is 19.5 Å². The molecule has 0 spiro atoms. The number of halogens is 3. The molecule has 0 fully saturated rings. The topological polar surface area (TPSA) is 66.0 Å². The van der Waals surface area contributed by atoms with Gasteiger partial charge >= 0.3 is 6.18 Å². The smallest absolute Gasteiger partial charge is 0.398 e. The molecule has 0 unspecified atom stereocenters. The number of hydrogen-bond donors (Lipinski definition) is 1. The van der Waals surface area contributed by atoms with Gasteiger partial charge in [-0.15, -0.1) is 10.2 Å². The number of ether oxygens (including phenoxy) is 1. The number of nitrogens with zero attached hydrogens (tertiary/aromatic N) is 3. The third kappa shape index (κ3) is 2.90. The van der Waals surface area contributed by atoms with Crippen molar-refractivity contribution in [2.45, 2.75) is 12.7 Å². The van der Waals surface area contributed by atoms with Gasteiger partial charge in [0.05, 0.1) is 12.2 Å². The van der Waals surface area contributed by atoms with E-state index in [1.807, 2.05) is 0 Å². The normalized spacial score (nSPS) is 11.8. The van der Waals surface area contributed by atoms with E-state index in [0.717, 1.165) is 12.1 Å². The molecule has 20 heavy (non-hydrogen) atoms. The third-order valence-electron chi connectivity index (χ3n) is 2.77. The Bertz CT molecular complexity index is 595. The van der Waals surface area contributed by atoms with Gasteiger partial charge in [-0.3, -0.25) is 0 Å². The molecule has 2 N–H and O–H groups in total. The summed E-state index contributed by atoms with van der Waals surface area (Å²) in [5, 5.41) is 7.54. The quantitative estimate of drug-likeness (QED) is 0.875. The van der Waals surface area contributed by atoms with E-state index in [0.29, 0.717) is 13.2 Å². The molecule has 108 valence electrons. The van der Waals surface area contributed by atoms with Gasteiger partial charge in [-0.2, -0.15) is 13.2 Å². The van der Waals surface area contributed by atoms with Crippen LogP contribution in [0.3, 0.4) is 0 Å². The molecule has 2 aromatic rings. The number of methoxy groups -OCH3 is 1. The van der Waals surface area contributed by atoms with E-state index in [2.05, 4.69) is 10.2 Å². The number of aromatic nitrogens is 3. The summed E-state index contributed by atoms with van der Waals surface area (Å²) in [4.78, 5) is 0. The molecule has 0 atom stereocenters. The summed E-state index contributed by atoms with van der Waals surface area (Å²) in [5.41, 5.74) is 5.38. The van der Waals surface area contributed by atoms with Gasteiger partial charge in [0.25, 0.3) is 0 Å². The molecule has 0 saturated carbocycles. The predicted octanol–water partition coefficient (Wildman–Crippen LogP) is 2.19. The van der Waals surface area contributed by atoms with Crippen LogP contribution in [-0.2, 0) is 17.5 Å². The molecule has 0 radical (unpaired) electrons. The first-order valence-electron chi connectivity index (χ1n) is 5.77. The van der Waals surface area contributed by atoms with E-state index in [9.17, 15) is 13.2 Å². The van der Waals surface area contributed by atoms with Crippen molar-refractivity contribution in [2.75, 3.05) is 19.5 Å². The van der Waals surface area contributed by atoms with E-state index >= 15 is 0 Å². The highest BCUT2D eigenvalue weighted by Gasteiger charge is 2.31. The Morgan fingerprint density at radius 1 is 1.35 bits per heavy atom. The lowest BCUT2D eigenvalue weighted by Crippen LogP contribution is -2.08. The zero-order chi connectivity index (χ0) is 14.8. The van der Waals surface area contributed by atoms with E-state index in [-0.39, 0.29) is 17.1 Å². The first-order chi connectivity index (χ1) is 9.43. The molecule has 1 heterocycles. The SMILES string of the molecule is COCCn1cnnc1-c1cc(C(F)(F)F)ccc1N. The van der Waals surface area contributed by atoms with Crippen LogP contribution in [0.25, 0.3) is 11.4 Å². The second kappa shape index (κ2) is 5.49. The number of rotatable bonds is 4. The maximum Gasteiger partial charge on any atom is 0.416 e. The first kappa shape index (κ1) is 14.3. The highest BCUT2D eigenvalue weighted by Crippen LogP contribution is 2.34. The van der Waals surface area contributed by atoms with Crippen LogP contribution in [0, 0.1) is 0 Å². The van der Waals surface area contributed by atoms with E-state index < -0.39 is 11.7 Å². The van der Waals surface area contributed by atoms with Crippen molar-refractivity contribution in [2.24, 2.45) is 0 Å². The van der Waals surface area contributed by atoms with Gasteiger partial charge in [-0.05, 0) is 18.2 Å². The Balaban J connectivity index is 2.44. The summed E-state index contributed by atoms with van der Waals surface area (Å²) >= 11 is 0. The molecule has 1 aromatic carbocycles. The van der Waals surface area contributed by atoms with Gasteiger partial charge in [-0.25, -0.2) is 0 Å². The second-order valence-corrected chi connectivity index (χ2v) is 4.14. The fourth-order valence-corrected chi connectivity index (χ4v) is 1.74. The number of anilines is 1. The zero-order valence-corrected chi connectivity index (χ0v) is 10.7. The van der Waals surface area contributed by atoms with Crippen LogP contribution in [0.4, 0.5) is 18.9 Å².